The zero-order valence-corrected chi connectivity index (χ0v) is 16.3. The quantitative estimate of drug-likeness (QED) is 0.502. The normalized spacial score (nSPS) is 10.9. The zero-order valence-electron chi connectivity index (χ0n) is 15.4. The third-order valence-corrected chi connectivity index (χ3v) is 5.09. The van der Waals surface area contributed by atoms with Crippen LogP contribution in [0.15, 0.2) is 65.8 Å². The van der Waals surface area contributed by atoms with Crippen LogP contribution in [0.2, 0.25) is 0 Å². The lowest BCUT2D eigenvalue weighted by atomic mass is 10.2. The number of nitrogen functional groups attached to an aromatic ring is 1. The number of carbonyl (C=O) groups excluding carboxylic acids is 1. The Morgan fingerprint density at radius 3 is 2.33 bits per heavy atom. The molecule has 1 amide bonds. The maximum atomic E-state index is 12.8. The van der Waals surface area contributed by atoms with E-state index in [1.165, 1.54) is 16.4 Å². The molecule has 0 radical (unpaired) electrons. The molecule has 27 heavy (non-hydrogen) atoms. The summed E-state index contributed by atoms with van der Waals surface area (Å²) in [5, 5.41) is 8.81. The van der Waals surface area contributed by atoms with Crippen molar-refractivity contribution in [3.63, 3.8) is 0 Å². The highest BCUT2D eigenvalue weighted by molar-refractivity contribution is 7.99. The summed E-state index contributed by atoms with van der Waals surface area (Å²) in [7, 11) is 0. The highest BCUT2D eigenvalue weighted by atomic mass is 32.2. The van der Waals surface area contributed by atoms with Crippen molar-refractivity contribution >= 4 is 17.7 Å². The summed E-state index contributed by atoms with van der Waals surface area (Å²) in [6, 6.07) is 19.7. The van der Waals surface area contributed by atoms with Crippen molar-refractivity contribution in [3.05, 3.63) is 66.2 Å². The van der Waals surface area contributed by atoms with E-state index in [0.717, 1.165) is 11.1 Å². The molecule has 140 valence electrons. The molecule has 6 nitrogen and oxygen atoms in total. The van der Waals surface area contributed by atoms with Crippen LogP contribution in [0.25, 0.3) is 11.4 Å². The standard InChI is InChI=1S/C20H23N5OS/c1-15(2)24(13-16-9-5-3-6-10-16)18(26)14-27-20-23-22-19(25(20)21)17-11-7-4-8-12-17/h3-12,15H,13-14,21H2,1-2H3. The van der Waals surface area contributed by atoms with Gasteiger partial charge >= 0.3 is 0 Å². The maximum absolute atomic E-state index is 12.8. The van der Waals surface area contributed by atoms with E-state index in [-0.39, 0.29) is 17.7 Å². The van der Waals surface area contributed by atoms with Crippen LogP contribution in [0, 0.1) is 0 Å². The molecule has 2 aromatic carbocycles. The predicted octanol–water partition coefficient (Wildman–Crippen LogP) is 3.19. The molecular weight excluding hydrogens is 358 g/mol. The van der Waals surface area contributed by atoms with Gasteiger partial charge in [0.2, 0.25) is 11.1 Å². The lowest BCUT2D eigenvalue weighted by molar-refractivity contribution is -0.130. The molecule has 7 heteroatoms. The Labute approximate surface area is 163 Å². The second-order valence-corrected chi connectivity index (χ2v) is 7.37. The van der Waals surface area contributed by atoms with Crippen LogP contribution in [-0.2, 0) is 11.3 Å². The van der Waals surface area contributed by atoms with Gasteiger partial charge in [0.05, 0.1) is 5.75 Å². The molecule has 0 spiro atoms. The van der Waals surface area contributed by atoms with Gasteiger partial charge in [0.1, 0.15) is 0 Å². The molecule has 1 heterocycles. The Balaban J connectivity index is 1.66. The van der Waals surface area contributed by atoms with Gasteiger partial charge in [0, 0.05) is 18.2 Å². The Bertz CT molecular complexity index is 880. The number of nitrogens with two attached hydrogens (primary N) is 1. The Hall–Kier alpha value is -2.80. The van der Waals surface area contributed by atoms with Crippen LogP contribution in [0.4, 0.5) is 0 Å². The Kier molecular flexibility index (Phi) is 6.13. The molecular formula is C20H23N5OS. The largest absolute Gasteiger partial charge is 0.335 e. The predicted molar refractivity (Wildman–Crippen MR) is 108 cm³/mol. The summed E-state index contributed by atoms with van der Waals surface area (Å²) in [6.07, 6.45) is 0. The number of thioether (sulfide) groups is 1. The van der Waals surface area contributed by atoms with Crippen molar-refractivity contribution in [2.45, 2.75) is 31.6 Å². The van der Waals surface area contributed by atoms with Crippen molar-refractivity contribution in [3.8, 4) is 11.4 Å². The van der Waals surface area contributed by atoms with Crippen molar-refractivity contribution in [2.75, 3.05) is 11.6 Å². The first-order valence-electron chi connectivity index (χ1n) is 8.78. The van der Waals surface area contributed by atoms with Crippen LogP contribution in [0.5, 0.6) is 0 Å². The first kappa shape index (κ1) is 19.0. The second kappa shape index (κ2) is 8.73. The average molecular weight is 382 g/mol. The van der Waals surface area contributed by atoms with Crippen LogP contribution < -0.4 is 5.84 Å². The molecule has 0 aliphatic rings. The highest BCUT2D eigenvalue weighted by Gasteiger charge is 2.19. The third kappa shape index (κ3) is 4.68. The van der Waals surface area contributed by atoms with E-state index in [9.17, 15) is 4.79 Å². The molecule has 3 rings (SSSR count). The lowest BCUT2D eigenvalue weighted by Crippen LogP contribution is -2.37. The number of hydrogen-bond acceptors (Lipinski definition) is 5. The molecule has 3 aromatic rings. The number of benzene rings is 2. The SMILES string of the molecule is CC(C)N(Cc1ccccc1)C(=O)CSc1nnc(-c2ccccc2)n1N. The number of amides is 1. The number of rotatable bonds is 7. The molecule has 0 atom stereocenters. The summed E-state index contributed by atoms with van der Waals surface area (Å²) in [4.78, 5) is 14.6. The molecule has 0 saturated heterocycles. The van der Waals surface area contributed by atoms with Gasteiger partial charge in [-0.3, -0.25) is 4.79 Å². The van der Waals surface area contributed by atoms with E-state index in [2.05, 4.69) is 10.2 Å². The Morgan fingerprint density at radius 2 is 1.70 bits per heavy atom. The van der Waals surface area contributed by atoms with E-state index in [1.54, 1.807) is 0 Å². The van der Waals surface area contributed by atoms with Gasteiger partial charge < -0.3 is 10.7 Å². The molecule has 0 bridgehead atoms. The zero-order chi connectivity index (χ0) is 19.2. The Morgan fingerprint density at radius 1 is 1.07 bits per heavy atom. The van der Waals surface area contributed by atoms with Gasteiger partial charge in [-0.25, -0.2) is 4.68 Å². The van der Waals surface area contributed by atoms with Gasteiger partial charge in [-0.15, -0.1) is 10.2 Å². The van der Waals surface area contributed by atoms with E-state index >= 15 is 0 Å². The maximum Gasteiger partial charge on any atom is 0.233 e. The number of carbonyl (C=O) groups is 1. The van der Waals surface area contributed by atoms with E-state index < -0.39 is 0 Å². The topological polar surface area (TPSA) is 77.0 Å². The minimum absolute atomic E-state index is 0.0446. The van der Waals surface area contributed by atoms with Crippen LogP contribution in [-0.4, -0.2) is 37.5 Å². The van der Waals surface area contributed by atoms with E-state index in [4.69, 9.17) is 5.84 Å². The van der Waals surface area contributed by atoms with Gasteiger partial charge in [-0.05, 0) is 19.4 Å². The first-order valence-corrected chi connectivity index (χ1v) is 9.77. The van der Waals surface area contributed by atoms with E-state index in [0.29, 0.717) is 17.5 Å². The molecule has 0 fully saturated rings. The highest BCUT2D eigenvalue weighted by Crippen LogP contribution is 2.22. The molecule has 0 aliphatic heterocycles. The van der Waals surface area contributed by atoms with Gasteiger partial charge in [-0.2, -0.15) is 0 Å². The van der Waals surface area contributed by atoms with Crippen LogP contribution in [0.3, 0.4) is 0 Å². The summed E-state index contributed by atoms with van der Waals surface area (Å²) < 4.78 is 1.43. The van der Waals surface area contributed by atoms with Crippen LogP contribution in [0.1, 0.15) is 19.4 Å². The van der Waals surface area contributed by atoms with Gasteiger partial charge in [0.15, 0.2) is 5.82 Å². The van der Waals surface area contributed by atoms with E-state index in [1.807, 2.05) is 79.4 Å². The monoisotopic (exact) mass is 381 g/mol. The molecule has 0 saturated carbocycles. The molecule has 1 aromatic heterocycles. The average Bonchev–Trinajstić information content (AvgIpc) is 3.06. The first-order chi connectivity index (χ1) is 13.1. The summed E-state index contributed by atoms with van der Waals surface area (Å²) >= 11 is 1.30. The van der Waals surface area contributed by atoms with Gasteiger partial charge in [-0.1, -0.05) is 72.4 Å². The fourth-order valence-corrected chi connectivity index (χ4v) is 3.45. The van der Waals surface area contributed by atoms with Crippen molar-refractivity contribution < 1.29 is 4.79 Å². The number of nitrogens with zero attached hydrogens (tertiary/aromatic N) is 4. The minimum Gasteiger partial charge on any atom is -0.335 e. The molecule has 0 unspecified atom stereocenters. The smallest absolute Gasteiger partial charge is 0.233 e. The summed E-state index contributed by atoms with van der Waals surface area (Å²) in [6.45, 7) is 4.62. The summed E-state index contributed by atoms with van der Waals surface area (Å²) in [5.41, 5.74) is 2.00. The lowest BCUT2D eigenvalue weighted by Gasteiger charge is -2.26. The molecule has 2 N–H and O–H groups in total. The summed E-state index contributed by atoms with van der Waals surface area (Å²) in [5.74, 6) is 7.01. The third-order valence-electron chi connectivity index (χ3n) is 4.16. The van der Waals surface area contributed by atoms with Crippen molar-refractivity contribution in [1.82, 2.24) is 19.8 Å². The van der Waals surface area contributed by atoms with Gasteiger partial charge in [0.25, 0.3) is 0 Å². The second-order valence-electron chi connectivity index (χ2n) is 6.43. The minimum atomic E-state index is 0.0446. The number of aromatic nitrogens is 3. The van der Waals surface area contributed by atoms with Crippen molar-refractivity contribution in [2.24, 2.45) is 0 Å². The fourth-order valence-electron chi connectivity index (χ4n) is 2.71. The van der Waals surface area contributed by atoms with Crippen LogP contribution >= 0.6 is 11.8 Å². The number of hydrogen-bond donors (Lipinski definition) is 1. The fraction of sp³-hybridized carbons (Fsp3) is 0.250. The van der Waals surface area contributed by atoms with Crippen molar-refractivity contribution in [1.29, 1.82) is 0 Å². The molecule has 0 aliphatic carbocycles.